The zero-order chi connectivity index (χ0) is 23.0. The molecule has 0 aromatic heterocycles. The number of hydrogen-bond acceptors (Lipinski definition) is 5. The molecule has 1 heterocycles. The van der Waals surface area contributed by atoms with Crippen molar-refractivity contribution in [2.75, 3.05) is 45.9 Å². The second-order valence-corrected chi connectivity index (χ2v) is 9.43. The van der Waals surface area contributed by atoms with Crippen LogP contribution in [0.2, 0.25) is 0 Å². The topological polar surface area (TPSA) is 62.2 Å². The van der Waals surface area contributed by atoms with E-state index in [0.717, 1.165) is 29.8 Å². The van der Waals surface area contributed by atoms with E-state index in [2.05, 4.69) is 4.90 Å². The Labute approximate surface area is 197 Å². The lowest BCUT2D eigenvalue weighted by molar-refractivity contribution is -0.0599. The van der Waals surface area contributed by atoms with Crippen molar-refractivity contribution < 1.29 is 19.4 Å². The first-order valence-electron chi connectivity index (χ1n) is 12.1. The fraction of sp³-hybridized carbons (Fsp3) is 0.519. The molecule has 2 aliphatic rings. The fourth-order valence-electron chi connectivity index (χ4n) is 4.27. The first-order valence-corrected chi connectivity index (χ1v) is 12.1. The van der Waals surface area contributed by atoms with Crippen LogP contribution in [0.15, 0.2) is 54.6 Å². The highest BCUT2D eigenvalue weighted by atomic mass is 16.5. The molecule has 2 unspecified atom stereocenters. The van der Waals surface area contributed by atoms with Crippen LogP contribution in [0.3, 0.4) is 0 Å². The van der Waals surface area contributed by atoms with Gasteiger partial charge in [0.05, 0.1) is 32.0 Å². The van der Waals surface area contributed by atoms with Crippen molar-refractivity contribution in [3.8, 4) is 0 Å². The Kier molecular flexibility index (Phi) is 8.51. The largest absolute Gasteiger partial charge is 0.389 e. The van der Waals surface area contributed by atoms with Gasteiger partial charge in [-0.25, -0.2) is 0 Å². The Hall–Kier alpha value is -2.25. The molecule has 0 spiro atoms. The summed E-state index contributed by atoms with van der Waals surface area (Å²) in [6.45, 7) is 6.85. The van der Waals surface area contributed by atoms with Crippen molar-refractivity contribution in [2.45, 2.75) is 38.6 Å². The number of ether oxygens (including phenoxy) is 2. The van der Waals surface area contributed by atoms with Gasteiger partial charge in [0, 0.05) is 38.3 Å². The Bertz CT molecular complexity index is 869. The van der Waals surface area contributed by atoms with Gasteiger partial charge in [-0.2, -0.15) is 0 Å². The summed E-state index contributed by atoms with van der Waals surface area (Å²) < 4.78 is 11.7. The van der Waals surface area contributed by atoms with Gasteiger partial charge in [-0.15, -0.1) is 0 Å². The number of aryl methyl sites for hydroxylation is 1. The summed E-state index contributed by atoms with van der Waals surface area (Å²) in [4.78, 5) is 17.4. The Morgan fingerprint density at radius 2 is 1.91 bits per heavy atom. The number of rotatable bonds is 11. The third-order valence-corrected chi connectivity index (χ3v) is 6.30. The second kappa shape index (κ2) is 11.7. The zero-order valence-corrected chi connectivity index (χ0v) is 19.6. The average molecular weight is 453 g/mol. The van der Waals surface area contributed by atoms with Crippen molar-refractivity contribution in [2.24, 2.45) is 5.92 Å². The number of hydrogen-bond donors (Lipinski definition) is 1. The number of aliphatic hydroxyl groups is 1. The van der Waals surface area contributed by atoms with E-state index < -0.39 is 6.10 Å². The maximum atomic E-state index is 13.2. The van der Waals surface area contributed by atoms with Gasteiger partial charge in [0.1, 0.15) is 0 Å². The quantitative estimate of drug-likeness (QED) is 0.568. The van der Waals surface area contributed by atoms with Crippen molar-refractivity contribution in [1.82, 2.24) is 9.80 Å². The van der Waals surface area contributed by atoms with E-state index in [1.165, 1.54) is 12.8 Å². The van der Waals surface area contributed by atoms with Gasteiger partial charge in [0.15, 0.2) is 0 Å². The van der Waals surface area contributed by atoms with Crippen molar-refractivity contribution in [3.63, 3.8) is 0 Å². The van der Waals surface area contributed by atoms with Crippen LogP contribution in [0, 0.1) is 12.8 Å². The van der Waals surface area contributed by atoms with E-state index >= 15 is 0 Å². The number of carbonyl (C=O) groups excluding carboxylic acids is 1. The fourth-order valence-corrected chi connectivity index (χ4v) is 4.27. The second-order valence-electron chi connectivity index (χ2n) is 9.43. The molecule has 4 rings (SSSR count). The van der Waals surface area contributed by atoms with E-state index in [9.17, 15) is 9.90 Å². The van der Waals surface area contributed by atoms with Crippen LogP contribution in [0.4, 0.5) is 0 Å². The summed E-state index contributed by atoms with van der Waals surface area (Å²) in [7, 11) is 0. The number of aliphatic hydroxyl groups excluding tert-OH is 1. The molecular weight excluding hydrogens is 416 g/mol. The molecule has 1 amide bonds. The number of carbonyl (C=O) groups is 1. The average Bonchev–Trinajstić information content (AvgIpc) is 3.64. The number of β-amino-alcohol motifs (C(OH)–C–C–N with tert-alkyl or cyclic N) is 1. The minimum atomic E-state index is -0.552. The molecule has 1 aliphatic carbocycles. The van der Waals surface area contributed by atoms with E-state index in [4.69, 9.17) is 9.47 Å². The van der Waals surface area contributed by atoms with Crippen molar-refractivity contribution in [1.29, 1.82) is 0 Å². The molecule has 6 nitrogen and oxygen atoms in total. The van der Waals surface area contributed by atoms with Gasteiger partial charge in [-0.05, 0) is 43.4 Å². The molecule has 1 saturated carbocycles. The van der Waals surface area contributed by atoms with Gasteiger partial charge < -0.3 is 19.5 Å². The predicted octanol–water partition coefficient (Wildman–Crippen LogP) is 3.13. The summed E-state index contributed by atoms with van der Waals surface area (Å²) in [5, 5.41) is 10.5. The summed E-state index contributed by atoms with van der Waals surface area (Å²) >= 11 is 0. The van der Waals surface area contributed by atoms with Crippen LogP contribution < -0.4 is 0 Å². The lowest BCUT2D eigenvalue weighted by Gasteiger charge is -2.36. The van der Waals surface area contributed by atoms with Crippen LogP contribution in [0.5, 0.6) is 0 Å². The maximum Gasteiger partial charge on any atom is 0.253 e. The van der Waals surface area contributed by atoms with Crippen LogP contribution >= 0.6 is 0 Å². The van der Waals surface area contributed by atoms with Crippen LogP contribution in [0.1, 0.15) is 34.3 Å². The zero-order valence-electron chi connectivity index (χ0n) is 19.6. The minimum absolute atomic E-state index is 0.0515. The molecule has 33 heavy (non-hydrogen) atoms. The molecule has 2 fully saturated rings. The molecular formula is C27H36N2O4. The molecule has 178 valence electrons. The summed E-state index contributed by atoms with van der Waals surface area (Å²) in [6.07, 6.45) is 1.79. The van der Waals surface area contributed by atoms with Crippen molar-refractivity contribution >= 4 is 5.91 Å². The highest BCUT2D eigenvalue weighted by molar-refractivity contribution is 5.94. The number of morpholine rings is 1. The Morgan fingerprint density at radius 3 is 2.64 bits per heavy atom. The summed E-state index contributed by atoms with van der Waals surface area (Å²) in [5.74, 6) is 0.694. The number of benzene rings is 2. The van der Waals surface area contributed by atoms with E-state index in [0.29, 0.717) is 45.4 Å². The highest BCUT2D eigenvalue weighted by Crippen LogP contribution is 2.30. The smallest absolute Gasteiger partial charge is 0.253 e. The minimum Gasteiger partial charge on any atom is -0.389 e. The van der Waals surface area contributed by atoms with Crippen LogP contribution in [-0.2, 0) is 16.1 Å². The standard InChI is InChI=1S/C27H36N2O4/c1-21-7-11-24(12-8-21)27(31)29(15-22-9-10-22)18-26-17-28(13-14-33-26)16-25(30)20-32-19-23-5-3-2-4-6-23/h2-8,11-12,22,25-26,30H,9-10,13-20H2,1H3. The molecule has 1 N–H and O–H groups in total. The molecule has 6 heteroatoms. The van der Waals surface area contributed by atoms with Crippen molar-refractivity contribution in [3.05, 3.63) is 71.3 Å². The predicted molar refractivity (Wildman–Crippen MR) is 128 cm³/mol. The van der Waals surface area contributed by atoms with Gasteiger partial charge in [-0.1, -0.05) is 48.0 Å². The number of amides is 1. The third kappa shape index (κ3) is 7.64. The maximum absolute atomic E-state index is 13.2. The normalized spacial score (nSPS) is 19.9. The molecule has 0 radical (unpaired) electrons. The molecule has 2 aromatic carbocycles. The Morgan fingerprint density at radius 1 is 1.15 bits per heavy atom. The van der Waals surface area contributed by atoms with Crippen LogP contribution in [-0.4, -0.2) is 79.0 Å². The summed E-state index contributed by atoms with van der Waals surface area (Å²) in [5.41, 5.74) is 2.99. The third-order valence-electron chi connectivity index (χ3n) is 6.30. The van der Waals surface area contributed by atoms with E-state index in [-0.39, 0.29) is 12.0 Å². The van der Waals surface area contributed by atoms with E-state index in [1.807, 2.05) is 66.4 Å². The van der Waals surface area contributed by atoms with Gasteiger partial charge in [0.25, 0.3) is 5.91 Å². The number of nitrogens with zero attached hydrogens (tertiary/aromatic N) is 2. The Balaban J connectivity index is 1.26. The summed E-state index contributed by atoms with van der Waals surface area (Å²) in [6, 6.07) is 17.8. The van der Waals surface area contributed by atoms with Gasteiger partial charge in [0.2, 0.25) is 0 Å². The first kappa shape index (κ1) is 23.9. The first-order chi connectivity index (χ1) is 16.1. The van der Waals surface area contributed by atoms with Gasteiger partial charge in [-0.3, -0.25) is 9.69 Å². The monoisotopic (exact) mass is 452 g/mol. The lowest BCUT2D eigenvalue weighted by atomic mass is 10.1. The molecule has 2 atom stereocenters. The van der Waals surface area contributed by atoms with Crippen LogP contribution in [0.25, 0.3) is 0 Å². The molecule has 1 saturated heterocycles. The highest BCUT2D eigenvalue weighted by Gasteiger charge is 2.31. The lowest BCUT2D eigenvalue weighted by Crippen LogP contribution is -2.51. The molecule has 2 aromatic rings. The SMILES string of the molecule is Cc1ccc(C(=O)N(CC2CC2)CC2CN(CC(O)COCc3ccccc3)CCO2)cc1. The molecule has 0 bridgehead atoms. The van der Waals surface area contributed by atoms with Gasteiger partial charge >= 0.3 is 0 Å². The molecule has 1 aliphatic heterocycles. The van der Waals surface area contributed by atoms with E-state index in [1.54, 1.807) is 0 Å².